The Morgan fingerprint density at radius 2 is 1.85 bits per heavy atom. The van der Waals surface area contributed by atoms with E-state index in [2.05, 4.69) is 47.5 Å². The number of benzene rings is 3. The van der Waals surface area contributed by atoms with Crippen LogP contribution in [0.15, 0.2) is 72.1 Å². The molecule has 0 radical (unpaired) electrons. The number of fused-ring (bicyclic) bond motifs is 5. The number of carbonyl (C=O) groups is 1. The van der Waals surface area contributed by atoms with Crippen LogP contribution in [0.4, 0.5) is 0 Å². The first kappa shape index (κ1) is 15.1. The highest BCUT2D eigenvalue weighted by molar-refractivity contribution is 6.02. The van der Waals surface area contributed by atoms with Crippen molar-refractivity contribution in [3.8, 4) is 11.1 Å². The Hall–Kier alpha value is -3.20. The first-order valence-electron chi connectivity index (χ1n) is 8.79. The summed E-state index contributed by atoms with van der Waals surface area (Å²) in [5, 5.41) is 2.22. The van der Waals surface area contributed by atoms with Crippen LogP contribution in [0.25, 0.3) is 21.9 Å². The summed E-state index contributed by atoms with van der Waals surface area (Å²) in [4.78, 5) is 16.1. The lowest BCUT2D eigenvalue weighted by Crippen LogP contribution is -2.33. The maximum Gasteiger partial charge on any atom is 0.223 e. The van der Waals surface area contributed by atoms with Crippen LogP contribution in [0.5, 0.6) is 0 Å². The molecule has 3 heteroatoms. The topological polar surface area (TPSA) is 38.7 Å². The lowest BCUT2D eigenvalue weighted by Gasteiger charge is -2.28. The highest BCUT2D eigenvalue weighted by Crippen LogP contribution is 2.40. The van der Waals surface area contributed by atoms with Crippen LogP contribution < -0.4 is 0 Å². The second-order valence-electron chi connectivity index (χ2n) is 6.74. The fourth-order valence-corrected chi connectivity index (χ4v) is 4.16. The lowest BCUT2D eigenvalue weighted by atomic mass is 9.81. The highest BCUT2D eigenvalue weighted by Gasteiger charge is 2.34. The molecular formula is C23H17NO2. The lowest BCUT2D eigenvalue weighted by molar-refractivity contribution is -0.119. The first-order valence-corrected chi connectivity index (χ1v) is 8.79. The average Bonchev–Trinajstić information content (AvgIpc) is 2.73. The molecule has 1 aliphatic carbocycles. The van der Waals surface area contributed by atoms with E-state index in [9.17, 15) is 4.79 Å². The summed E-state index contributed by atoms with van der Waals surface area (Å²) < 4.78 is 5.71. The molecule has 126 valence electrons. The molecule has 0 aromatic heterocycles. The van der Waals surface area contributed by atoms with E-state index < -0.39 is 5.60 Å². The van der Waals surface area contributed by atoms with Gasteiger partial charge in [-0.3, -0.25) is 9.79 Å². The standard InChI is InChI=1S/C23H17NO2/c25-15-23(14-24-12-13-26-23)22-7-3-6-18-20-9-8-16-4-1-2-5-17(16)19(20)10-11-21(18)22/h1-7,10-15H,8-9H2. The minimum Gasteiger partial charge on any atom is -0.475 e. The number of ether oxygens (including phenoxy) is 1. The zero-order valence-corrected chi connectivity index (χ0v) is 14.2. The van der Waals surface area contributed by atoms with Crippen LogP contribution in [0, 0.1) is 0 Å². The third-order valence-electron chi connectivity index (χ3n) is 5.40. The molecule has 3 aromatic rings. The monoisotopic (exact) mass is 339 g/mol. The van der Waals surface area contributed by atoms with E-state index in [1.807, 2.05) is 12.1 Å². The number of aldehydes is 1. The van der Waals surface area contributed by atoms with E-state index in [4.69, 9.17) is 4.74 Å². The number of hydrogen-bond donors (Lipinski definition) is 0. The van der Waals surface area contributed by atoms with E-state index in [0.717, 1.165) is 30.1 Å². The van der Waals surface area contributed by atoms with Crippen molar-refractivity contribution in [2.75, 3.05) is 0 Å². The van der Waals surface area contributed by atoms with Crippen molar-refractivity contribution < 1.29 is 9.53 Å². The van der Waals surface area contributed by atoms with Crippen LogP contribution >= 0.6 is 0 Å². The predicted octanol–water partition coefficient (Wildman–Crippen LogP) is 4.57. The van der Waals surface area contributed by atoms with Crippen molar-refractivity contribution in [1.29, 1.82) is 0 Å². The van der Waals surface area contributed by atoms with Crippen LogP contribution in [-0.4, -0.2) is 12.5 Å². The molecule has 3 aromatic carbocycles. The van der Waals surface area contributed by atoms with E-state index in [-0.39, 0.29) is 0 Å². The molecule has 26 heavy (non-hydrogen) atoms. The van der Waals surface area contributed by atoms with Crippen LogP contribution in [0.1, 0.15) is 16.7 Å². The van der Waals surface area contributed by atoms with Crippen molar-refractivity contribution in [2.45, 2.75) is 18.4 Å². The van der Waals surface area contributed by atoms with Crippen molar-refractivity contribution >= 4 is 23.3 Å². The van der Waals surface area contributed by atoms with Gasteiger partial charge in [-0.2, -0.15) is 0 Å². The van der Waals surface area contributed by atoms with Gasteiger partial charge < -0.3 is 4.74 Å². The molecule has 2 aliphatic rings. The van der Waals surface area contributed by atoms with E-state index in [1.54, 1.807) is 12.4 Å². The third kappa shape index (κ3) is 2.07. The summed E-state index contributed by atoms with van der Waals surface area (Å²) in [5.74, 6) is 0. The van der Waals surface area contributed by atoms with Gasteiger partial charge >= 0.3 is 0 Å². The average molecular weight is 339 g/mol. The molecule has 1 unspecified atom stereocenters. The van der Waals surface area contributed by atoms with Crippen molar-refractivity contribution in [3.63, 3.8) is 0 Å². The number of aliphatic imine (C=N–C) groups is 1. The minimum atomic E-state index is -1.16. The SMILES string of the molecule is O=CC1(c2cccc3c4c(ccc23)-c2ccccc2CC4)C=NC=CO1. The van der Waals surface area contributed by atoms with Gasteiger partial charge in [0.25, 0.3) is 0 Å². The second-order valence-corrected chi connectivity index (χ2v) is 6.74. The molecule has 0 fully saturated rings. The Balaban J connectivity index is 1.77. The molecule has 0 spiro atoms. The first-order chi connectivity index (χ1) is 12.8. The summed E-state index contributed by atoms with van der Waals surface area (Å²) in [6.07, 6.45) is 7.45. The maximum atomic E-state index is 11.9. The molecule has 0 amide bonds. The number of hydrogen-bond acceptors (Lipinski definition) is 3. The molecular weight excluding hydrogens is 322 g/mol. The van der Waals surface area contributed by atoms with Crippen LogP contribution in [0.2, 0.25) is 0 Å². The number of aryl methyl sites for hydroxylation is 2. The summed E-state index contributed by atoms with van der Waals surface area (Å²) in [6, 6.07) is 19.0. The van der Waals surface area contributed by atoms with Gasteiger partial charge in [-0.05, 0) is 45.9 Å². The zero-order valence-electron chi connectivity index (χ0n) is 14.2. The van der Waals surface area contributed by atoms with Crippen molar-refractivity contribution in [2.24, 2.45) is 4.99 Å². The third-order valence-corrected chi connectivity index (χ3v) is 5.40. The Kier molecular flexibility index (Phi) is 3.29. The molecule has 0 saturated carbocycles. The normalized spacial score (nSPS) is 20.3. The zero-order chi connectivity index (χ0) is 17.6. The fourth-order valence-electron chi connectivity index (χ4n) is 4.16. The Morgan fingerprint density at radius 3 is 2.69 bits per heavy atom. The van der Waals surface area contributed by atoms with E-state index in [0.29, 0.717) is 0 Å². The number of carbonyl (C=O) groups excluding carboxylic acids is 1. The Labute approximate surface area is 151 Å². The van der Waals surface area contributed by atoms with Gasteiger partial charge in [0.05, 0.1) is 12.4 Å². The number of nitrogens with zero attached hydrogens (tertiary/aromatic N) is 1. The summed E-state index contributed by atoms with van der Waals surface area (Å²) in [7, 11) is 0. The molecule has 3 nitrogen and oxygen atoms in total. The maximum absolute atomic E-state index is 11.9. The van der Waals surface area contributed by atoms with E-state index in [1.165, 1.54) is 33.9 Å². The van der Waals surface area contributed by atoms with E-state index >= 15 is 0 Å². The molecule has 1 heterocycles. The predicted molar refractivity (Wildman–Crippen MR) is 103 cm³/mol. The molecule has 5 rings (SSSR count). The summed E-state index contributed by atoms with van der Waals surface area (Å²) in [6.45, 7) is 0. The fraction of sp³-hybridized carbons (Fsp3) is 0.130. The van der Waals surface area contributed by atoms with Gasteiger partial charge in [-0.15, -0.1) is 0 Å². The Morgan fingerprint density at radius 1 is 0.923 bits per heavy atom. The quantitative estimate of drug-likeness (QED) is 0.642. The van der Waals surface area contributed by atoms with Gasteiger partial charge in [-0.1, -0.05) is 54.6 Å². The second kappa shape index (κ2) is 5.67. The molecule has 0 N–H and O–H groups in total. The van der Waals surface area contributed by atoms with Gasteiger partial charge in [-0.25, -0.2) is 0 Å². The van der Waals surface area contributed by atoms with Crippen molar-refractivity contribution in [3.05, 3.63) is 83.7 Å². The minimum absolute atomic E-state index is 0.823. The highest BCUT2D eigenvalue weighted by atomic mass is 16.5. The van der Waals surface area contributed by atoms with Gasteiger partial charge in [0, 0.05) is 5.56 Å². The smallest absolute Gasteiger partial charge is 0.223 e. The van der Waals surface area contributed by atoms with Gasteiger partial charge in [0.15, 0.2) is 6.29 Å². The molecule has 0 saturated heterocycles. The van der Waals surface area contributed by atoms with Crippen LogP contribution in [0.3, 0.4) is 0 Å². The summed E-state index contributed by atoms with van der Waals surface area (Å²) in [5.41, 5.74) is 5.01. The molecule has 1 aliphatic heterocycles. The number of rotatable bonds is 2. The van der Waals surface area contributed by atoms with Gasteiger partial charge in [0.2, 0.25) is 5.60 Å². The molecule has 0 bridgehead atoms. The largest absolute Gasteiger partial charge is 0.475 e. The van der Waals surface area contributed by atoms with Gasteiger partial charge in [0.1, 0.15) is 6.26 Å². The molecule has 1 atom stereocenters. The Bertz CT molecular complexity index is 1100. The van der Waals surface area contributed by atoms with Crippen LogP contribution in [-0.2, 0) is 28.0 Å². The van der Waals surface area contributed by atoms with Crippen molar-refractivity contribution in [1.82, 2.24) is 0 Å². The summed E-state index contributed by atoms with van der Waals surface area (Å²) >= 11 is 0.